The van der Waals surface area contributed by atoms with Crippen LogP contribution in [0.3, 0.4) is 0 Å². The van der Waals surface area contributed by atoms with Crippen LogP contribution in [0.2, 0.25) is 0 Å². The molecule has 1 atom stereocenters. The van der Waals surface area contributed by atoms with Gasteiger partial charge < -0.3 is 24.8 Å². The Bertz CT molecular complexity index is 1040. The molecule has 0 bridgehead atoms. The number of nitro groups is 1. The monoisotopic (exact) mass is 497 g/mol. The Hall–Kier alpha value is -3.54. The van der Waals surface area contributed by atoms with Crippen molar-refractivity contribution in [1.82, 2.24) is 5.32 Å². The number of hydrogen-bond acceptors (Lipinski definition) is 7. The van der Waals surface area contributed by atoms with Crippen molar-refractivity contribution in [3.05, 3.63) is 57.6 Å². The molecule has 1 aliphatic rings. The van der Waals surface area contributed by atoms with Gasteiger partial charge in [0.15, 0.2) is 11.5 Å². The molecule has 1 unspecified atom stereocenters. The number of methoxy groups -OCH3 is 1. The fourth-order valence-corrected chi connectivity index (χ4v) is 3.51. The van der Waals surface area contributed by atoms with Gasteiger partial charge in [-0.2, -0.15) is 13.2 Å². The highest BCUT2D eigenvalue weighted by molar-refractivity contribution is 5.76. The lowest BCUT2D eigenvalue weighted by molar-refractivity contribution is -0.384. The van der Waals surface area contributed by atoms with Gasteiger partial charge in [0, 0.05) is 32.2 Å². The Morgan fingerprint density at radius 1 is 1.23 bits per heavy atom. The first kappa shape index (κ1) is 26.1. The van der Waals surface area contributed by atoms with Crippen LogP contribution in [-0.2, 0) is 22.3 Å². The molecule has 0 saturated carbocycles. The summed E-state index contributed by atoms with van der Waals surface area (Å²) in [6, 6.07) is 7.47. The molecular weight excluding hydrogens is 471 g/mol. The summed E-state index contributed by atoms with van der Waals surface area (Å²) in [7, 11) is 1.52. The fraction of sp³-hybridized carbons (Fsp3) is 0.435. The molecule has 2 aromatic carbocycles. The molecular formula is C23H26F3N3O6. The Labute approximate surface area is 199 Å². The number of nitrogens with one attached hydrogen (secondary N) is 2. The first-order valence-corrected chi connectivity index (χ1v) is 10.9. The van der Waals surface area contributed by atoms with Crippen molar-refractivity contribution in [3.8, 4) is 11.5 Å². The highest BCUT2D eigenvalue weighted by atomic mass is 19.4. The van der Waals surface area contributed by atoms with Crippen molar-refractivity contribution < 1.29 is 37.1 Å². The minimum Gasteiger partial charge on any atom is -0.493 e. The summed E-state index contributed by atoms with van der Waals surface area (Å²) in [5.41, 5.74) is -1.16. The molecule has 0 aliphatic carbocycles. The van der Waals surface area contributed by atoms with Crippen molar-refractivity contribution in [2.24, 2.45) is 0 Å². The van der Waals surface area contributed by atoms with Gasteiger partial charge in [-0.1, -0.05) is 6.07 Å². The van der Waals surface area contributed by atoms with Gasteiger partial charge in [0.05, 0.1) is 23.7 Å². The Balaban J connectivity index is 1.48. The summed E-state index contributed by atoms with van der Waals surface area (Å²) in [6.07, 6.45) is -2.71. The molecule has 0 aromatic heterocycles. The van der Waals surface area contributed by atoms with Gasteiger partial charge in [-0.25, -0.2) is 0 Å². The van der Waals surface area contributed by atoms with Crippen LogP contribution >= 0.6 is 0 Å². The van der Waals surface area contributed by atoms with Gasteiger partial charge in [-0.15, -0.1) is 0 Å². The number of anilines is 1. The molecule has 9 nitrogen and oxygen atoms in total. The van der Waals surface area contributed by atoms with Gasteiger partial charge in [0.2, 0.25) is 5.91 Å². The number of rotatable bonds is 11. The highest BCUT2D eigenvalue weighted by Gasteiger charge is 2.33. The van der Waals surface area contributed by atoms with Crippen molar-refractivity contribution in [3.63, 3.8) is 0 Å². The summed E-state index contributed by atoms with van der Waals surface area (Å²) in [5, 5.41) is 16.5. The number of carbonyl (C=O) groups excluding carboxylic acids is 1. The molecule has 1 heterocycles. The van der Waals surface area contributed by atoms with Crippen LogP contribution in [0.4, 0.5) is 24.5 Å². The van der Waals surface area contributed by atoms with E-state index in [2.05, 4.69) is 10.6 Å². The van der Waals surface area contributed by atoms with E-state index in [0.29, 0.717) is 24.2 Å². The van der Waals surface area contributed by atoms with Crippen molar-refractivity contribution in [2.75, 3.05) is 32.2 Å². The van der Waals surface area contributed by atoms with E-state index in [9.17, 15) is 28.1 Å². The fourth-order valence-electron chi connectivity index (χ4n) is 3.51. The van der Waals surface area contributed by atoms with Gasteiger partial charge in [-0.3, -0.25) is 14.9 Å². The second-order valence-electron chi connectivity index (χ2n) is 7.87. The van der Waals surface area contributed by atoms with Gasteiger partial charge in [-0.05, 0) is 42.7 Å². The zero-order valence-corrected chi connectivity index (χ0v) is 19.0. The van der Waals surface area contributed by atoms with E-state index in [0.717, 1.165) is 37.1 Å². The number of nitrogens with zero attached hydrogens (tertiary/aromatic N) is 1. The summed E-state index contributed by atoms with van der Waals surface area (Å²) in [5.74, 6) is 0.746. The summed E-state index contributed by atoms with van der Waals surface area (Å²) in [4.78, 5) is 22.4. The quantitative estimate of drug-likeness (QED) is 0.352. The number of ether oxygens (including phenoxy) is 3. The number of halogens is 3. The first-order chi connectivity index (χ1) is 16.7. The highest BCUT2D eigenvalue weighted by Crippen LogP contribution is 2.35. The van der Waals surface area contributed by atoms with E-state index in [1.165, 1.54) is 7.11 Å². The molecule has 0 radical (unpaired) electrons. The van der Waals surface area contributed by atoms with Crippen molar-refractivity contribution in [1.29, 1.82) is 0 Å². The molecule has 190 valence electrons. The van der Waals surface area contributed by atoms with Crippen LogP contribution in [0, 0.1) is 10.1 Å². The van der Waals surface area contributed by atoms with E-state index in [-0.39, 0.29) is 37.2 Å². The molecule has 2 aromatic rings. The molecule has 1 aliphatic heterocycles. The van der Waals surface area contributed by atoms with Crippen molar-refractivity contribution >= 4 is 17.3 Å². The lowest BCUT2D eigenvalue weighted by atomic mass is 10.1. The van der Waals surface area contributed by atoms with Crippen LogP contribution in [-0.4, -0.2) is 43.8 Å². The third-order valence-electron chi connectivity index (χ3n) is 5.36. The SMILES string of the molecule is COc1cc(CNC(=O)CCNc2ccc(C(F)(F)F)cc2[N+](=O)[O-])ccc1OCC1CCCO1. The largest absolute Gasteiger partial charge is 0.493 e. The smallest absolute Gasteiger partial charge is 0.416 e. The number of amides is 1. The predicted octanol–water partition coefficient (Wildman–Crippen LogP) is 4.30. The molecule has 3 rings (SSSR count). The lowest BCUT2D eigenvalue weighted by Crippen LogP contribution is -2.25. The maximum atomic E-state index is 12.8. The van der Waals surface area contributed by atoms with Crippen LogP contribution in [0.25, 0.3) is 0 Å². The lowest BCUT2D eigenvalue weighted by Gasteiger charge is -2.15. The molecule has 12 heteroatoms. The molecule has 35 heavy (non-hydrogen) atoms. The Morgan fingerprint density at radius 2 is 2.03 bits per heavy atom. The minimum absolute atomic E-state index is 0.00260. The van der Waals surface area contributed by atoms with Gasteiger partial charge >= 0.3 is 6.18 Å². The standard InChI is InChI=1S/C23H26F3N3O6/c1-33-21-11-15(4-7-20(21)35-14-17-3-2-10-34-17)13-28-22(30)8-9-27-18-6-5-16(23(24,25)26)12-19(18)29(31)32/h4-7,11-12,17,27H,2-3,8-10,13-14H2,1H3,(H,28,30). The summed E-state index contributed by atoms with van der Waals surface area (Å²) < 4.78 is 55.1. The Kier molecular flexibility index (Phi) is 8.74. The average molecular weight is 497 g/mol. The number of nitro benzene ring substituents is 1. The topological polar surface area (TPSA) is 112 Å². The third kappa shape index (κ3) is 7.47. The van der Waals surface area contributed by atoms with E-state index in [1.54, 1.807) is 18.2 Å². The number of alkyl halides is 3. The maximum Gasteiger partial charge on any atom is 0.416 e. The molecule has 2 N–H and O–H groups in total. The van der Waals surface area contributed by atoms with Crippen LogP contribution in [0.1, 0.15) is 30.4 Å². The number of carbonyl (C=O) groups is 1. The minimum atomic E-state index is -4.69. The molecule has 1 fully saturated rings. The van der Waals surface area contributed by atoms with Crippen LogP contribution in [0.15, 0.2) is 36.4 Å². The zero-order chi connectivity index (χ0) is 25.4. The molecule has 0 spiro atoms. The second-order valence-corrected chi connectivity index (χ2v) is 7.87. The van der Waals surface area contributed by atoms with Gasteiger partial charge in [0.25, 0.3) is 5.69 Å². The maximum absolute atomic E-state index is 12.8. The van der Waals surface area contributed by atoms with Crippen LogP contribution < -0.4 is 20.1 Å². The molecule has 1 amide bonds. The average Bonchev–Trinajstić information content (AvgIpc) is 3.34. The predicted molar refractivity (Wildman–Crippen MR) is 121 cm³/mol. The number of benzene rings is 2. The normalized spacial score (nSPS) is 15.5. The van der Waals surface area contributed by atoms with Crippen LogP contribution in [0.5, 0.6) is 11.5 Å². The van der Waals surface area contributed by atoms with E-state index < -0.39 is 22.4 Å². The Morgan fingerprint density at radius 3 is 2.69 bits per heavy atom. The first-order valence-electron chi connectivity index (χ1n) is 10.9. The van der Waals surface area contributed by atoms with E-state index >= 15 is 0 Å². The zero-order valence-electron chi connectivity index (χ0n) is 19.0. The number of hydrogen-bond donors (Lipinski definition) is 2. The van der Waals surface area contributed by atoms with E-state index in [4.69, 9.17) is 14.2 Å². The van der Waals surface area contributed by atoms with Crippen molar-refractivity contribution in [2.45, 2.75) is 38.1 Å². The van der Waals surface area contributed by atoms with Gasteiger partial charge in [0.1, 0.15) is 12.3 Å². The van der Waals surface area contributed by atoms with E-state index in [1.807, 2.05) is 0 Å². The summed E-state index contributed by atoms with van der Waals surface area (Å²) >= 11 is 0. The third-order valence-corrected chi connectivity index (χ3v) is 5.36. The second kappa shape index (κ2) is 11.7. The molecule has 1 saturated heterocycles. The summed E-state index contributed by atoms with van der Waals surface area (Å²) in [6.45, 7) is 1.37.